The average Bonchev–Trinajstić information content (AvgIpc) is 2.55. The Morgan fingerprint density at radius 3 is 2.64 bits per heavy atom. The van der Waals surface area contributed by atoms with E-state index >= 15 is 0 Å². The predicted molar refractivity (Wildman–Crippen MR) is 76.8 cm³/mol. The number of hydrogen-bond donors (Lipinski definition) is 4. The molecule has 22 heavy (non-hydrogen) atoms. The Hall–Kier alpha value is -1.67. The number of rotatable bonds is 4. The van der Waals surface area contributed by atoms with Gasteiger partial charge < -0.3 is 25.2 Å². The lowest BCUT2D eigenvalue weighted by Crippen LogP contribution is -2.62. The number of ether oxygens (including phenoxy) is 1. The Kier molecular flexibility index (Phi) is 5.73. The molecule has 0 unspecified atom stereocenters. The molecular weight excluding hydrogens is 290 g/mol. The van der Waals surface area contributed by atoms with Crippen LogP contribution in [0.5, 0.6) is 0 Å². The Morgan fingerprint density at radius 2 is 2.00 bits per heavy atom. The molecule has 0 bridgehead atoms. The van der Waals surface area contributed by atoms with Gasteiger partial charge in [0.2, 0.25) is 0 Å². The number of piperidine rings is 1. The van der Waals surface area contributed by atoms with Crippen LogP contribution in [0, 0.1) is 0 Å². The Morgan fingerprint density at radius 1 is 1.32 bits per heavy atom. The van der Waals surface area contributed by atoms with E-state index in [0.717, 1.165) is 10.5 Å². The fraction of sp³-hybridized carbons (Fsp3) is 0.533. The number of amides is 1. The van der Waals surface area contributed by atoms with Crippen LogP contribution in [0.15, 0.2) is 30.3 Å². The Labute approximate surface area is 128 Å². The van der Waals surface area contributed by atoms with Gasteiger partial charge in [-0.05, 0) is 12.0 Å². The first-order valence-electron chi connectivity index (χ1n) is 7.17. The molecule has 122 valence electrons. The summed E-state index contributed by atoms with van der Waals surface area (Å²) >= 11 is 0. The summed E-state index contributed by atoms with van der Waals surface area (Å²) in [5.74, 6) is 0. The zero-order chi connectivity index (χ0) is 16.1. The SMILES string of the molecule is O=C(OCc1ccccc1)N1CC[C@H](O)[C@H](O)[C@H]1[C@H](O)CO. The smallest absolute Gasteiger partial charge is 0.410 e. The average molecular weight is 311 g/mol. The summed E-state index contributed by atoms with van der Waals surface area (Å²) in [6.07, 6.45) is -4.26. The van der Waals surface area contributed by atoms with Crippen molar-refractivity contribution in [3.63, 3.8) is 0 Å². The van der Waals surface area contributed by atoms with Crippen molar-refractivity contribution in [3.05, 3.63) is 35.9 Å². The number of likely N-dealkylation sites (tertiary alicyclic amines) is 1. The highest BCUT2D eigenvalue weighted by atomic mass is 16.6. The van der Waals surface area contributed by atoms with Crippen molar-refractivity contribution in [1.82, 2.24) is 4.90 Å². The first-order valence-corrected chi connectivity index (χ1v) is 7.17. The quantitative estimate of drug-likeness (QED) is 0.595. The second-order valence-corrected chi connectivity index (χ2v) is 5.32. The molecule has 1 aromatic rings. The maximum Gasteiger partial charge on any atom is 0.410 e. The van der Waals surface area contributed by atoms with Crippen LogP contribution in [0.3, 0.4) is 0 Å². The molecule has 0 aliphatic carbocycles. The first kappa shape index (κ1) is 16.7. The van der Waals surface area contributed by atoms with E-state index in [-0.39, 0.29) is 19.6 Å². The number of hydrogen-bond acceptors (Lipinski definition) is 6. The van der Waals surface area contributed by atoms with Crippen molar-refractivity contribution in [2.45, 2.75) is 37.4 Å². The van der Waals surface area contributed by atoms with Crippen molar-refractivity contribution in [2.24, 2.45) is 0 Å². The Balaban J connectivity index is 2.02. The van der Waals surface area contributed by atoms with Gasteiger partial charge >= 0.3 is 6.09 Å². The molecule has 4 N–H and O–H groups in total. The lowest BCUT2D eigenvalue weighted by Gasteiger charge is -2.42. The van der Waals surface area contributed by atoms with E-state index in [1.807, 2.05) is 30.3 Å². The summed E-state index contributed by atoms with van der Waals surface area (Å²) in [5, 5.41) is 38.5. The lowest BCUT2D eigenvalue weighted by molar-refractivity contribution is -0.113. The maximum atomic E-state index is 12.2. The lowest BCUT2D eigenvalue weighted by atomic mass is 9.92. The van der Waals surface area contributed by atoms with Crippen LogP contribution in [-0.4, -0.2) is 68.9 Å². The van der Waals surface area contributed by atoms with Gasteiger partial charge in [-0.15, -0.1) is 0 Å². The molecule has 1 aliphatic heterocycles. The van der Waals surface area contributed by atoms with E-state index in [9.17, 15) is 20.1 Å². The van der Waals surface area contributed by atoms with Crippen LogP contribution >= 0.6 is 0 Å². The molecule has 2 rings (SSSR count). The fourth-order valence-corrected chi connectivity index (χ4v) is 2.56. The zero-order valence-electron chi connectivity index (χ0n) is 12.1. The third-order valence-corrected chi connectivity index (χ3v) is 3.79. The van der Waals surface area contributed by atoms with Gasteiger partial charge in [-0.25, -0.2) is 4.79 Å². The minimum absolute atomic E-state index is 0.0662. The summed E-state index contributed by atoms with van der Waals surface area (Å²) in [6, 6.07) is 8.01. The molecular formula is C15H21NO6. The molecule has 1 fully saturated rings. The first-order chi connectivity index (χ1) is 10.5. The summed E-state index contributed by atoms with van der Waals surface area (Å²) in [5.41, 5.74) is 0.813. The highest BCUT2D eigenvalue weighted by Crippen LogP contribution is 2.22. The van der Waals surface area contributed by atoms with Crippen LogP contribution in [0.1, 0.15) is 12.0 Å². The minimum Gasteiger partial charge on any atom is -0.445 e. The van der Waals surface area contributed by atoms with Gasteiger partial charge in [-0.2, -0.15) is 0 Å². The summed E-state index contributed by atoms with van der Waals surface area (Å²) in [7, 11) is 0. The highest BCUT2D eigenvalue weighted by molar-refractivity contribution is 5.68. The number of aliphatic hydroxyl groups is 4. The van der Waals surface area contributed by atoms with Gasteiger partial charge in [0, 0.05) is 6.54 Å². The second kappa shape index (κ2) is 7.55. The molecule has 1 saturated heterocycles. The van der Waals surface area contributed by atoms with E-state index in [1.165, 1.54) is 0 Å². The normalized spacial score (nSPS) is 26.5. The van der Waals surface area contributed by atoms with E-state index in [0.29, 0.717) is 0 Å². The second-order valence-electron chi connectivity index (χ2n) is 5.32. The van der Waals surface area contributed by atoms with Crippen LogP contribution < -0.4 is 0 Å². The van der Waals surface area contributed by atoms with Crippen molar-refractivity contribution >= 4 is 6.09 Å². The number of benzene rings is 1. The number of carbonyl (C=O) groups is 1. The van der Waals surface area contributed by atoms with Gasteiger partial charge in [-0.3, -0.25) is 4.90 Å². The van der Waals surface area contributed by atoms with Gasteiger partial charge in [-0.1, -0.05) is 30.3 Å². The molecule has 0 saturated carbocycles. The molecule has 1 aromatic carbocycles. The number of carbonyl (C=O) groups excluding carboxylic acids is 1. The number of aliphatic hydroxyl groups excluding tert-OH is 4. The summed E-state index contributed by atoms with van der Waals surface area (Å²) in [6.45, 7) is -0.429. The van der Waals surface area contributed by atoms with Crippen LogP contribution in [0.2, 0.25) is 0 Å². The van der Waals surface area contributed by atoms with Crippen LogP contribution in [-0.2, 0) is 11.3 Å². The molecule has 7 nitrogen and oxygen atoms in total. The third-order valence-electron chi connectivity index (χ3n) is 3.79. The fourth-order valence-electron chi connectivity index (χ4n) is 2.56. The van der Waals surface area contributed by atoms with Crippen LogP contribution in [0.25, 0.3) is 0 Å². The molecule has 0 radical (unpaired) electrons. The van der Waals surface area contributed by atoms with Crippen molar-refractivity contribution in [1.29, 1.82) is 0 Å². The van der Waals surface area contributed by atoms with E-state index in [4.69, 9.17) is 9.84 Å². The largest absolute Gasteiger partial charge is 0.445 e. The predicted octanol–water partition coefficient (Wildman–Crippen LogP) is -0.527. The van der Waals surface area contributed by atoms with Crippen molar-refractivity contribution in [2.75, 3.05) is 13.2 Å². The molecule has 4 atom stereocenters. The van der Waals surface area contributed by atoms with Gasteiger partial charge in [0.1, 0.15) is 18.8 Å². The van der Waals surface area contributed by atoms with Gasteiger partial charge in [0.15, 0.2) is 0 Å². The third kappa shape index (κ3) is 3.75. The molecule has 7 heteroatoms. The van der Waals surface area contributed by atoms with E-state index in [2.05, 4.69) is 0 Å². The standard InChI is InChI=1S/C15H21NO6/c17-8-12(19)13-14(20)11(18)6-7-16(13)15(21)22-9-10-4-2-1-3-5-10/h1-5,11-14,17-20H,6-9H2/t11-,12+,13+,14-/m0/s1. The topological polar surface area (TPSA) is 110 Å². The van der Waals surface area contributed by atoms with E-state index in [1.54, 1.807) is 0 Å². The molecule has 0 aromatic heterocycles. The Bertz CT molecular complexity index is 482. The van der Waals surface area contributed by atoms with Crippen molar-refractivity contribution in [3.8, 4) is 0 Å². The highest BCUT2D eigenvalue weighted by Gasteiger charge is 2.43. The number of nitrogens with zero attached hydrogens (tertiary/aromatic N) is 1. The summed E-state index contributed by atoms with van der Waals surface area (Å²) in [4.78, 5) is 13.3. The molecule has 1 heterocycles. The van der Waals surface area contributed by atoms with Gasteiger partial charge in [0.25, 0.3) is 0 Å². The molecule has 0 spiro atoms. The van der Waals surface area contributed by atoms with Gasteiger partial charge in [0.05, 0.1) is 18.8 Å². The monoisotopic (exact) mass is 311 g/mol. The maximum absolute atomic E-state index is 12.2. The molecule has 1 amide bonds. The van der Waals surface area contributed by atoms with Crippen molar-refractivity contribution < 1.29 is 30.0 Å². The summed E-state index contributed by atoms with van der Waals surface area (Å²) < 4.78 is 5.18. The zero-order valence-corrected chi connectivity index (χ0v) is 12.1. The van der Waals surface area contributed by atoms with Crippen LogP contribution in [0.4, 0.5) is 4.79 Å². The van der Waals surface area contributed by atoms with E-state index < -0.39 is 37.1 Å². The minimum atomic E-state index is -1.35. The molecule has 1 aliphatic rings.